The van der Waals surface area contributed by atoms with Gasteiger partial charge in [0.15, 0.2) is 21.8 Å². The molecule has 4 aromatic rings. The summed E-state index contributed by atoms with van der Waals surface area (Å²) < 4.78 is 52.9. The average Bonchev–Trinajstić information content (AvgIpc) is 4.00. The summed E-state index contributed by atoms with van der Waals surface area (Å²) in [5.41, 5.74) is 8.48. The first-order chi connectivity index (χ1) is 27.1. The quantitative estimate of drug-likeness (QED) is 0.0865. The minimum absolute atomic E-state index is 0.0457. The molecule has 0 radical (unpaired) electrons. The van der Waals surface area contributed by atoms with E-state index >= 15 is 0 Å². The lowest BCUT2D eigenvalue weighted by Gasteiger charge is -2.27. The first-order valence-electron chi connectivity index (χ1n) is 20.6. The number of carbonyl (C=O) groups excluding carboxylic acids is 2. The Balaban J connectivity index is 0.000000177. The Morgan fingerprint density at radius 2 is 1.03 bits per heavy atom. The second kappa shape index (κ2) is 15.6. The number of carbonyl (C=O) groups is 2. The van der Waals surface area contributed by atoms with Crippen molar-refractivity contribution in [2.24, 2.45) is 11.8 Å². The van der Waals surface area contributed by atoms with E-state index in [0.717, 1.165) is 36.8 Å². The zero-order valence-electron chi connectivity index (χ0n) is 34.6. The van der Waals surface area contributed by atoms with Gasteiger partial charge in [-0.05, 0) is 147 Å². The fourth-order valence-electron chi connectivity index (χ4n) is 8.46. The molecule has 8 rings (SSSR count). The van der Waals surface area contributed by atoms with Crippen molar-refractivity contribution in [1.82, 2.24) is 0 Å². The number of benzene rings is 2. The monoisotopic (exact) mass is 830 g/mol. The maximum Gasteiger partial charge on any atom is 0.199 e. The number of aliphatic hydroxyl groups is 2. The van der Waals surface area contributed by atoms with Crippen molar-refractivity contribution >= 4 is 31.0 Å². The lowest BCUT2D eigenvalue weighted by Crippen LogP contribution is -2.22. The van der Waals surface area contributed by atoms with Crippen molar-refractivity contribution in [2.75, 3.05) is 11.5 Å². The molecule has 0 bridgehead atoms. The third kappa shape index (κ3) is 9.15. The standard InChI is InChI=1S/2C23H29NO4S/c2*1-14(15-4-5-15)19-8-6-16-7-9-20(16)21(19)11-18(25)13-29(24,27)22-10-17(12-28-22)23(2,3)26/h2*6,8,10,12,14-15,24,26H,4-5,7,9,11,13H2,1-3H3/t14-,29+;14-,29-/m11/s1. The van der Waals surface area contributed by atoms with Gasteiger partial charge >= 0.3 is 0 Å². The molecule has 0 saturated heterocycles. The molecule has 0 spiro atoms. The molecule has 4 aliphatic carbocycles. The van der Waals surface area contributed by atoms with Crippen LogP contribution in [0.2, 0.25) is 0 Å². The molecular weight excluding hydrogens is 773 g/mol. The van der Waals surface area contributed by atoms with E-state index in [1.54, 1.807) is 27.7 Å². The molecule has 0 aliphatic heterocycles. The lowest BCUT2D eigenvalue weighted by atomic mass is 9.78. The van der Waals surface area contributed by atoms with Gasteiger partial charge in [-0.2, -0.15) is 0 Å². The maximum absolute atomic E-state index is 12.9. The second-order valence-electron chi connectivity index (χ2n) is 18.3. The molecule has 4 aliphatic rings. The molecule has 58 heavy (non-hydrogen) atoms. The number of hydrogen-bond donors (Lipinski definition) is 4. The Kier molecular flexibility index (Phi) is 11.4. The number of aryl methyl sites for hydroxylation is 2. The van der Waals surface area contributed by atoms with Crippen LogP contribution in [0.3, 0.4) is 0 Å². The Bertz CT molecular complexity index is 2280. The maximum atomic E-state index is 12.9. The Morgan fingerprint density at radius 1 is 0.672 bits per heavy atom. The predicted octanol–water partition coefficient (Wildman–Crippen LogP) is 8.67. The second-order valence-corrected chi connectivity index (χ2v) is 22.4. The van der Waals surface area contributed by atoms with Crippen LogP contribution in [0.4, 0.5) is 0 Å². The van der Waals surface area contributed by atoms with E-state index in [9.17, 15) is 28.2 Å². The van der Waals surface area contributed by atoms with Crippen LogP contribution in [0, 0.1) is 21.4 Å². The number of furan rings is 2. The first-order valence-corrected chi connectivity index (χ1v) is 24.0. The van der Waals surface area contributed by atoms with Gasteiger partial charge in [0.2, 0.25) is 0 Å². The van der Waals surface area contributed by atoms with Crippen LogP contribution in [0.1, 0.15) is 135 Å². The minimum atomic E-state index is -3.39. The number of nitrogens with one attached hydrogen (secondary N) is 2. The summed E-state index contributed by atoms with van der Waals surface area (Å²) in [5, 5.41) is 20.0. The van der Waals surface area contributed by atoms with Gasteiger partial charge in [-0.15, -0.1) is 0 Å². The van der Waals surface area contributed by atoms with Crippen LogP contribution in [-0.4, -0.2) is 41.7 Å². The Labute approximate surface area is 343 Å². The molecule has 2 aromatic carbocycles. The molecule has 10 nitrogen and oxygen atoms in total. The van der Waals surface area contributed by atoms with Crippen molar-refractivity contribution in [2.45, 2.75) is 139 Å². The van der Waals surface area contributed by atoms with E-state index in [1.807, 2.05) is 0 Å². The van der Waals surface area contributed by atoms with Crippen LogP contribution in [-0.2, 0) is 78.8 Å². The van der Waals surface area contributed by atoms with Crippen molar-refractivity contribution in [3.8, 4) is 0 Å². The smallest absolute Gasteiger partial charge is 0.199 e. The van der Waals surface area contributed by atoms with Crippen LogP contribution in [0.15, 0.2) is 67.9 Å². The fourth-order valence-corrected chi connectivity index (χ4v) is 10.9. The van der Waals surface area contributed by atoms with Gasteiger partial charge in [0.05, 0.1) is 35.2 Å². The zero-order valence-corrected chi connectivity index (χ0v) is 36.2. The molecule has 2 fully saturated rings. The SMILES string of the molecule is C[C@@H](c1ccc2c(c1CC(=O)C[S@@](=N)(=O)c1cc(C(C)(C)O)co1)CC2)C1CC1.C[C@@H](c1ccc2c(c1CC(=O)C[S@](=N)(=O)c1cc(C(C)(C)O)co1)CC2)C1CC1. The Morgan fingerprint density at radius 3 is 1.31 bits per heavy atom. The highest BCUT2D eigenvalue weighted by Crippen LogP contribution is 2.46. The topological polar surface area (TPSA) is 183 Å². The van der Waals surface area contributed by atoms with Crippen molar-refractivity contribution < 1.29 is 37.1 Å². The summed E-state index contributed by atoms with van der Waals surface area (Å²) in [4.78, 5) is 25.7. The summed E-state index contributed by atoms with van der Waals surface area (Å²) >= 11 is 0. The minimum Gasteiger partial charge on any atom is -0.454 e. The number of fused-ring (bicyclic) bond motifs is 2. The molecule has 0 unspecified atom stereocenters. The lowest BCUT2D eigenvalue weighted by molar-refractivity contribution is -0.116. The van der Waals surface area contributed by atoms with E-state index in [0.29, 0.717) is 34.8 Å². The molecule has 4 N–H and O–H groups in total. The highest BCUT2D eigenvalue weighted by Gasteiger charge is 2.35. The van der Waals surface area contributed by atoms with Gasteiger partial charge in [-0.1, -0.05) is 38.1 Å². The molecule has 2 saturated carbocycles. The van der Waals surface area contributed by atoms with Crippen LogP contribution < -0.4 is 0 Å². The summed E-state index contributed by atoms with van der Waals surface area (Å²) in [6.45, 7) is 10.8. The largest absolute Gasteiger partial charge is 0.454 e. The molecular formula is C46H58N2O8S2. The third-order valence-corrected chi connectivity index (χ3v) is 15.9. The van der Waals surface area contributed by atoms with Gasteiger partial charge in [-0.25, -0.2) is 18.0 Å². The highest BCUT2D eigenvalue weighted by molar-refractivity contribution is 7.93. The fraction of sp³-hybridized carbons (Fsp3) is 0.522. The average molecular weight is 831 g/mol. The van der Waals surface area contributed by atoms with E-state index < -0.39 is 30.7 Å². The molecule has 12 heteroatoms. The van der Waals surface area contributed by atoms with Crippen molar-refractivity contribution in [1.29, 1.82) is 9.56 Å². The van der Waals surface area contributed by atoms with Crippen molar-refractivity contribution in [3.63, 3.8) is 0 Å². The van der Waals surface area contributed by atoms with Crippen molar-refractivity contribution in [3.05, 3.63) is 105 Å². The van der Waals surface area contributed by atoms with Gasteiger partial charge in [0.25, 0.3) is 0 Å². The summed E-state index contributed by atoms with van der Waals surface area (Å²) in [5.74, 6) is 1.13. The van der Waals surface area contributed by atoms with E-state index in [-0.39, 0.29) is 46.1 Å². The van der Waals surface area contributed by atoms with E-state index in [2.05, 4.69) is 38.1 Å². The van der Waals surface area contributed by atoms with Gasteiger partial charge in [0, 0.05) is 36.1 Å². The van der Waals surface area contributed by atoms with Gasteiger partial charge in [0.1, 0.15) is 19.5 Å². The summed E-state index contributed by atoms with van der Waals surface area (Å²) in [6, 6.07) is 11.6. The van der Waals surface area contributed by atoms with Crippen LogP contribution in [0.5, 0.6) is 0 Å². The Hall–Kier alpha value is -3.84. The highest BCUT2D eigenvalue weighted by atomic mass is 32.2. The van der Waals surface area contributed by atoms with Crippen LogP contribution in [0.25, 0.3) is 0 Å². The molecule has 2 heterocycles. The summed E-state index contributed by atoms with van der Waals surface area (Å²) in [6.07, 6.45) is 12.1. The number of Topliss-reactive ketones (excluding diaryl/α,β-unsaturated/α-hetero) is 2. The van der Waals surface area contributed by atoms with Gasteiger partial charge in [-0.3, -0.25) is 9.59 Å². The predicted molar refractivity (Wildman–Crippen MR) is 223 cm³/mol. The summed E-state index contributed by atoms with van der Waals surface area (Å²) in [7, 11) is -6.78. The van der Waals surface area contributed by atoms with Crippen LogP contribution >= 0.6 is 0 Å². The van der Waals surface area contributed by atoms with E-state index in [4.69, 9.17) is 18.4 Å². The molecule has 0 amide bonds. The third-order valence-electron chi connectivity index (χ3n) is 12.7. The first kappa shape index (κ1) is 42.3. The number of ketones is 2. The zero-order chi connectivity index (χ0) is 41.9. The van der Waals surface area contributed by atoms with E-state index in [1.165, 1.54) is 83.7 Å². The number of rotatable bonds is 16. The molecule has 4 atom stereocenters. The van der Waals surface area contributed by atoms with Gasteiger partial charge < -0.3 is 19.0 Å². The normalized spacial score (nSPS) is 19.2. The number of hydrogen-bond acceptors (Lipinski definition) is 10. The molecule has 312 valence electrons. The molecule has 2 aromatic heterocycles.